The molecule has 0 saturated carbocycles. The highest BCUT2D eigenvalue weighted by atomic mass is 14.3. The van der Waals surface area contributed by atoms with Crippen molar-refractivity contribution in [3.8, 4) is 77.9 Å². The number of benzene rings is 9. The summed E-state index contributed by atoms with van der Waals surface area (Å²) in [6.07, 6.45) is 0. The molecule has 50 heavy (non-hydrogen) atoms. The Morgan fingerprint density at radius 3 is 1.48 bits per heavy atom. The van der Waals surface area contributed by atoms with E-state index in [4.69, 9.17) is 0 Å². The standard InChI is InChI=1S/C50H32/c1-29-24-25-40-43(30(2)28-42-33-18-9-10-19-34(33)44(29)48(40)42)38-26-27-41-47-37(38)22-13-23-39(47)49-45(31-14-5-3-6-15-31)35-20-11-12-21-36(35)46(50(41)49)32-16-7-4-8-17-32/h3-28H,1-2H3. The molecule has 0 nitrogen and oxygen atoms in total. The van der Waals surface area contributed by atoms with E-state index in [0.717, 1.165) is 0 Å². The summed E-state index contributed by atoms with van der Waals surface area (Å²) in [6, 6.07) is 58.9. The average molecular weight is 633 g/mol. The molecule has 0 N–H and O–H groups in total. The van der Waals surface area contributed by atoms with Crippen LogP contribution in [0.5, 0.6) is 0 Å². The zero-order valence-corrected chi connectivity index (χ0v) is 28.0. The Hall–Kier alpha value is -6.24. The maximum atomic E-state index is 2.44. The van der Waals surface area contributed by atoms with Gasteiger partial charge in [-0.3, -0.25) is 0 Å². The monoisotopic (exact) mass is 632 g/mol. The van der Waals surface area contributed by atoms with Crippen molar-refractivity contribution in [2.75, 3.05) is 0 Å². The Morgan fingerprint density at radius 1 is 0.260 bits per heavy atom. The summed E-state index contributed by atoms with van der Waals surface area (Å²) in [5.74, 6) is 0. The number of aryl methyl sites for hydroxylation is 2. The van der Waals surface area contributed by atoms with Crippen LogP contribution in [0.4, 0.5) is 0 Å². The van der Waals surface area contributed by atoms with Crippen LogP contribution in [-0.2, 0) is 0 Å². The van der Waals surface area contributed by atoms with Crippen LogP contribution in [0.15, 0.2) is 158 Å². The van der Waals surface area contributed by atoms with Gasteiger partial charge in [0.25, 0.3) is 0 Å². The molecule has 2 aliphatic carbocycles. The van der Waals surface area contributed by atoms with E-state index in [9.17, 15) is 0 Å². The van der Waals surface area contributed by atoms with Crippen molar-refractivity contribution in [2.45, 2.75) is 13.8 Å². The van der Waals surface area contributed by atoms with Crippen LogP contribution in [0.2, 0.25) is 0 Å². The Morgan fingerprint density at radius 2 is 0.800 bits per heavy atom. The molecule has 11 rings (SSSR count). The molecule has 0 unspecified atom stereocenters. The van der Waals surface area contributed by atoms with Gasteiger partial charge in [0.05, 0.1) is 0 Å². The molecular formula is C50H32. The lowest BCUT2D eigenvalue weighted by molar-refractivity contribution is 1.48. The van der Waals surface area contributed by atoms with Crippen LogP contribution in [0.25, 0.3) is 110 Å². The van der Waals surface area contributed by atoms with Crippen molar-refractivity contribution in [2.24, 2.45) is 0 Å². The summed E-state index contributed by atoms with van der Waals surface area (Å²) >= 11 is 0. The van der Waals surface area contributed by atoms with Crippen molar-refractivity contribution in [3.63, 3.8) is 0 Å². The lowest BCUT2D eigenvalue weighted by Crippen LogP contribution is -1.93. The van der Waals surface area contributed by atoms with Crippen molar-refractivity contribution < 1.29 is 0 Å². The molecule has 0 amide bonds. The molecule has 0 saturated heterocycles. The molecular weight excluding hydrogens is 601 g/mol. The Labute approximate surface area is 291 Å². The Bertz CT molecular complexity index is 2820. The molecule has 0 heterocycles. The first-order valence-electron chi connectivity index (χ1n) is 17.6. The van der Waals surface area contributed by atoms with Gasteiger partial charge in [-0.25, -0.2) is 0 Å². The third-order valence-corrected chi connectivity index (χ3v) is 11.4. The SMILES string of the molecule is Cc1cc2c3c(c(C)ccc3c1-c1ccc3c4c(cccc14)-c1c-3c(-c3ccccc3)c3ccccc3c1-c1ccccc1)-c1ccccc1-2. The summed E-state index contributed by atoms with van der Waals surface area (Å²) in [7, 11) is 0. The molecule has 0 spiro atoms. The second-order valence-electron chi connectivity index (χ2n) is 14.0. The summed E-state index contributed by atoms with van der Waals surface area (Å²) in [4.78, 5) is 0. The maximum absolute atomic E-state index is 2.44. The van der Waals surface area contributed by atoms with E-state index in [1.165, 1.54) is 121 Å². The van der Waals surface area contributed by atoms with E-state index in [0.29, 0.717) is 0 Å². The molecule has 0 aliphatic heterocycles. The highest BCUT2D eigenvalue weighted by Gasteiger charge is 2.32. The molecule has 0 atom stereocenters. The van der Waals surface area contributed by atoms with Gasteiger partial charge in [0.15, 0.2) is 0 Å². The molecule has 2 aliphatic rings. The predicted octanol–water partition coefficient (Wildman–Crippen LogP) is 14.1. The van der Waals surface area contributed by atoms with Crippen molar-refractivity contribution in [1.29, 1.82) is 0 Å². The van der Waals surface area contributed by atoms with Crippen LogP contribution >= 0.6 is 0 Å². The Balaban J connectivity index is 1.27. The third kappa shape index (κ3) is 3.55. The second kappa shape index (κ2) is 10.1. The van der Waals surface area contributed by atoms with Gasteiger partial charge < -0.3 is 0 Å². The van der Waals surface area contributed by atoms with Crippen molar-refractivity contribution in [3.05, 3.63) is 169 Å². The fraction of sp³-hybridized carbons (Fsp3) is 0.0400. The van der Waals surface area contributed by atoms with Gasteiger partial charge >= 0.3 is 0 Å². The van der Waals surface area contributed by atoms with E-state index < -0.39 is 0 Å². The minimum absolute atomic E-state index is 1.25. The van der Waals surface area contributed by atoms with Gasteiger partial charge in [-0.15, -0.1) is 0 Å². The van der Waals surface area contributed by atoms with Gasteiger partial charge in [-0.2, -0.15) is 0 Å². The minimum Gasteiger partial charge on any atom is -0.0622 e. The zero-order chi connectivity index (χ0) is 33.1. The van der Waals surface area contributed by atoms with Crippen LogP contribution < -0.4 is 0 Å². The largest absolute Gasteiger partial charge is 0.0622 e. The first kappa shape index (κ1) is 27.7. The second-order valence-corrected chi connectivity index (χ2v) is 14.0. The maximum Gasteiger partial charge on any atom is -0.000741 e. The van der Waals surface area contributed by atoms with E-state index in [1.54, 1.807) is 0 Å². The molecule has 0 heteroatoms. The molecule has 9 aromatic carbocycles. The first-order chi connectivity index (χ1) is 24.7. The number of hydrogen-bond acceptors (Lipinski definition) is 0. The van der Waals surface area contributed by atoms with Gasteiger partial charge in [0.1, 0.15) is 0 Å². The Kier molecular flexibility index (Phi) is 5.61. The molecule has 232 valence electrons. The topological polar surface area (TPSA) is 0 Å². The molecule has 0 bridgehead atoms. The average Bonchev–Trinajstić information content (AvgIpc) is 3.68. The highest BCUT2D eigenvalue weighted by Crippen LogP contribution is 2.59. The van der Waals surface area contributed by atoms with Crippen LogP contribution in [0.3, 0.4) is 0 Å². The zero-order valence-electron chi connectivity index (χ0n) is 28.0. The fourth-order valence-electron chi connectivity index (χ4n) is 9.45. The smallest absolute Gasteiger partial charge is 0.000741 e. The predicted molar refractivity (Wildman–Crippen MR) is 214 cm³/mol. The summed E-state index contributed by atoms with van der Waals surface area (Å²) in [5, 5.41) is 7.98. The van der Waals surface area contributed by atoms with E-state index in [1.807, 2.05) is 0 Å². The van der Waals surface area contributed by atoms with Crippen LogP contribution in [-0.4, -0.2) is 0 Å². The third-order valence-electron chi connectivity index (χ3n) is 11.4. The van der Waals surface area contributed by atoms with Crippen LogP contribution in [0, 0.1) is 13.8 Å². The van der Waals surface area contributed by atoms with E-state index in [-0.39, 0.29) is 0 Å². The molecule has 0 radical (unpaired) electrons. The number of hydrogen-bond donors (Lipinski definition) is 0. The summed E-state index contributed by atoms with van der Waals surface area (Å²) in [5.41, 5.74) is 21.2. The molecule has 0 fully saturated rings. The number of rotatable bonds is 3. The van der Waals surface area contributed by atoms with Gasteiger partial charge in [0, 0.05) is 0 Å². The van der Waals surface area contributed by atoms with Gasteiger partial charge in [-0.05, 0) is 135 Å². The van der Waals surface area contributed by atoms with Gasteiger partial charge in [-0.1, -0.05) is 158 Å². The minimum atomic E-state index is 1.25. The van der Waals surface area contributed by atoms with Crippen LogP contribution in [0.1, 0.15) is 11.1 Å². The molecule has 0 aromatic heterocycles. The number of fused-ring (bicyclic) bond motifs is 7. The first-order valence-corrected chi connectivity index (χ1v) is 17.6. The van der Waals surface area contributed by atoms with E-state index >= 15 is 0 Å². The summed E-state index contributed by atoms with van der Waals surface area (Å²) in [6.45, 7) is 4.56. The normalized spacial score (nSPS) is 12.2. The van der Waals surface area contributed by atoms with Gasteiger partial charge in [0.2, 0.25) is 0 Å². The lowest BCUT2D eigenvalue weighted by atomic mass is 9.82. The van der Waals surface area contributed by atoms with Crippen molar-refractivity contribution >= 4 is 32.3 Å². The fourth-order valence-corrected chi connectivity index (χ4v) is 9.45. The van der Waals surface area contributed by atoms with Crippen molar-refractivity contribution in [1.82, 2.24) is 0 Å². The highest BCUT2D eigenvalue weighted by molar-refractivity contribution is 6.30. The molecule has 9 aromatic rings. The lowest BCUT2D eigenvalue weighted by Gasteiger charge is -2.20. The quantitative estimate of drug-likeness (QED) is 0.182. The van der Waals surface area contributed by atoms with E-state index in [2.05, 4.69) is 172 Å². The summed E-state index contributed by atoms with van der Waals surface area (Å²) < 4.78 is 0.